The molecule has 0 amide bonds. The molecule has 0 saturated heterocycles. The average Bonchev–Trinajstić information content (AvgIpc) is 2.59. The smallest absolute Gasteiger partial charge is 0.207 e. The lowest BCUT2D eigenvalue weighted by atomic mass is 9.76. The van der Waals surface area contributed by atoms with E-state index in [9.17, 15) is 8.42 Å². The Hall–Kier alpha value is -0.580. The second-order valence-corrected chi connectivity index (χ2v) is 8.53. The number of rotatable bonds is 1. The van der Waals surface area contributed by atoms with E-state index in [0.717, 1.165) is 43.3 Å². The van der Waals surface area contributed by atoms with Crippen LogP contribution in [-0.4, -0.2) is 14.0 Å². The first-order chi connectivity index (χ1) is 9.87. The Balaban J connectivity index is 2.17. The fourth-order valence-corrected chi connectivity index (χ4v) is 6.53. The third-order valence-corrected chi connectivity index (χ3v) is 7.17. The highest BCUT2D eigenvalue weighted by atomic mass is 35.5. The molecule has 1 aliphatic heterocycles. The molecular formula is C16H22ClNO2S. The second-order valence-electron chi connectivity index (χ2n) is 6.50. The van der Waals surface area contributed by atoms with Crippen LogP contribution in [0.1, 0.15) is 52.4 Å². The van der Waals surface area contributed by atoms with Crippen LogP contribution in [0.5, 0.6) is 0 Å². The molecule has 0 aromatic carbocycles. The summed E-state index contributed by atoms with van der Waals surface area (Å²) in [7, 11) is -3.46. The standard InChI is InChI=1S/C16H22ClNO2S/c1-11-7-6-8-13(17)14(11)15-12(2)16(18-21(15,19)20)9-4-3-5-10-16/h6,8,11,18H,3-5,7,9-10H2,1-2H3. The van der Waals surface area contributed by atoms with E-state index in [1.165, 1.54) is 6.42 Å². The van der Waals surface area contributed by atoms with Gasteiger partial charge in [-0.05, 0) is 49.3 Å². The number of sulfonamides is 1. The third kappa shape index (κ3) is 2.41. The fraction of sp³-hybridized carbons (Fsp3) is 0.625. The van der Waals surface area contributed by atoms with Gasteiger partial charge in [0.05, 0.1) is 10.4 Å². The van der Waals surface area contributed by atoms with Gasteiger partial charge in [0, 0.05) is 5.03 Å². The van der Waals surface area contributed by atoms with Crippen molar-refractivity contribution in [1.29, 1.82) is 0 Å². The van der Waals surface area contributed by atoms with E-state index < -0.39 is 10.0 Å². The van der Waals surface area contributed by atoms with Crippen LogP contribution in [0.4, 0.5) is 0 Å². The molecule has 1 N–H and O–H groups in total. The molecule has 116 valence electrons. The van der Waals surface area contributed by atoms with E-state index in [1.54, 1.807) is 0 Å². The van der Waals surface area contributed by atoms with Gasteiger partial charge in [-0.3, -0.25) is 0 Å². The molecule has 3 nitrogen and oxygen atoms in total. The number of hydrogen-bond acceptors (Lipinski definition) is 2. The highest BCUT2D eigenvalue weighted by Crippen LogP contribution is 2.47. The zero-order valence-corrected chi connectivity index (χ0v) is 14.1. The van der Waals surface area contributed by atoms with Crippen LogP contribution in [0.15, 0.2) is 33.2 Å². The van der Waals surface area contributed by atoms with Crippen LogP contribution in [0.3, 0.4) is 0 Å². The summed E-state index contributed by atoms with van der Waals surface area (Å²) in [5.74, 6) is 0.141. The molecule has 1 spiro atoms. The van der Waals surface area contributed by atoms with Crippen molar-refractivity contribution in [3.05, 3.63) is 33.2 Å². The molecule has 3 rings (SSSR count). The Kier molecular flexibility index (Phi) is 3.83. The minimum Gasteiger partial charge on any atom is -0.207 e. The van der Waals surface area contributed by atoms with Gasteiger partial charge in [0.1, 0.15) is 0 Å². The van der Waals surface area contributed by atoms with Crippen LogP contribution in [-0.2, 0) is 10.0 Å². The fourth-order valence-electron chi connectivity index (χ4n) is 3.93. The highest BCUT2D eigenvalue weighted by molar-refractivity contribution is 7.94. The first-order valence-corrected chi connectivity index (χ1v) is 9.55. The summed E-state index contributed by atoms with van der Waals surface area (Å²) in [4.78, 5) is 0.464. The molecule has 1 fully saturated rings. The van der Waals surface area contributed by atoms with Gasteiger partial charge in [-0.15, -0.1) is 0 Å². The largest absolute Gasteiger partial charge is 0.241 e. The highest BCUT2D eigenvalue weighted by Gasteiger charge is 2.48. The molecule has 0 aromatic heterocycles. The number of nitrogens with one attached hydrogen (secondary N) is 1. The zero-order valence-electron chi connectivity index (χ0n) is 12.6. The van der Waals surface area contributed by atoms with Crippen molar-refractivity contribution in [2.75, 3.05) is 0 Å². The molecule has 1 saturated carbocycles. The lowest BCUT2D eigenvalue weighted by molar-refractivity contribution is 0.320. The molecule has 0 radical (unpaired) electrons. The van der Waals surface area contributed by atoms with Crippen LogP contribution in [0.2, 0.25) is 0 Å². The predicted molar refractivity (Wildman–Crippen MR) is 86.4 cm³/mol. The van der Waals surface area contributed by atoms with E-state index in [1.807, 2.05) is 26.0 Å². The van der Waals surface area contributed by atoms with Gasteiger partial charge in [-0.2, -0.15) is 0 Å². The van der Waals surface area contributed by atoms with Gasteiger partial charge < -0.3 is 0 Å². The summed E-state index contributed by atoms with van der Waals surface area (Å²) >= 11 is 6.34. The maximum absolute atomic E-state index is 12.8. The van der Waals surface area contributed by atoms with Crippen molar-refractivity contribution in [1.82, 2.24) is 4.72 Å². The molecule has 0 bridgehead atoms. The molecule has 21 heavy (non-hydrogen) atoms. The van der Waals surface area contributed by atoms with Crippen LogP contribution < -0.4 is 4.72 Å². The minimum atomic E-state index is -3.46. The second kappa shape index (κ2) is 5.25. The van der Waals surface area contributed by atoms with Gasteiger partial charge in [-0.25, -0.2) is 13.1 Å². The summed E-state index contributed by atoms with van der Waals surface area (Å²) in [5.41, 5.74) is 1.40. The van der Waals surface area contributed by atoms with E-state index >= 15 is 0 Å². The number of hydrogen-bond donors (Lipinski definition) is 1. The number of halogens is 1. The first kappa shape index (κ1) is 15.3. The monoisotopic (exact) mass is 327 g/mol. The lowest BCUT2D eigenvalue weighted by Gasteiger charge is -2.34. The summed E-state index contributed by atoms with van der Waals surface area (Å²) in [6.45, 7) is 4.02. The molecular weight excluding hydrogens is 306 g/mol. The normalized spacial score (nSPS) is 31.3. The van der Waals surface area contributed by atoms with E-state index in [2.05, 4.69) is 4.72 Å². The summed E-state index contributed by atoms with van der Waals surface area (Å²) in [5, 5.41) is 0.571. The molecule has 5 heteroatoms. The van der Waals surface area contributed by atoms with Gasteiger partial charge in [-0.1, -0.05) is 43.9 Å². The van der Waals surface area contributed by atoms with Gasteiger partial charge >= 0.3 is 0 Å². The maximum atomic E-state index is 12.8. The van der Waals surface area contributed by atoms with Gasteiger partial charge in [0.15, 0.2) is 0 Å². The van der Waals surface area contributed by atoms with E-state index in [0.29, 0.717) is 9.94 Å². The van der Waals surface area contributed by atoms with Crippen molar-refractivity contribution in [3.8, 4) is 0 Å². The Morgan fingerprint density at radius 3 is 2.57 bits per heavy atom. The van der Waals surface area contributed by atoms with Crippen molar-refractivity contribution < 1.29 is 8.42 Å². The van der Waals surface area contributed by atoms with Gasteiger partial charge in [0.25, 0.3) is 0 Å². The van der Waals surface area contributed by atoms with Crippen LogP contribution >= 0.6 is 11.6 Å². The zero-order chi connectivity index (χ0) is 15.3. The number of allylic oxidation sites excluding steroid dienone is 4. The quantitative estimate of drug-likeness (QED) is 0.791. The Bertz CT molecular complexity index is 652. The van der Waals surface area contributed by atoms with Gasteiger partial charge in [0.2, 0.25) is 10.0 Å². The van der Waals surface area contributed by atoms with Crippen molar-refractivity contribution in [2.45, 2.75) is 57.9 Å². The lowest BCUT2D eigenvalue weighted by Crippen LogP contribution is -2.45. The molecule has 1 atom stereocenters. The third-order valence-electron chi connectivity index (χ3n) is 5.11. The molecule has 2 aliphatic carbocycles. The predicted octanol–water partition coefficient (Wildman–Crippen LogP) is 3.99. The first-order valence-electron chi connectivity index (χ1n) is 7.69. The molecule has 3 aliphatic rings. The topological polar surface area (TPSA) is 46.2 Å². The molecule has 1 unspecified atom stereocenters. The Morgan fingerprint density at radius 2 is 1.95 bits per heavy atom. The maximum Gasteiger partial charge on any atom is 0.241 e. The van der Waals surface area contributed by atoms with E-state index in [-0.39, 0.29) is 11.5 Å². The van der Waals surface area contributed by atoms with Crippen molar-refractivity contribution >= 4 is 21.6 Å². The Morgan fingerprint density at radius 1 is 1.29 bits per heavy atom. The molecule has 0 aromatic rings. The SMILES string of the molecule is CC1=C(C2=C(Cl)C=CCC2C)S(=O)(=O)NC12CCCCC2. The van der Waals surface area contributed by atoms with Crippen molar-refractivity contribution in [3.63, 3.8) is 0 Å². The van der Waals surface area contributed by atoms with Crippen LogP contribution in [0.25, 0.3) is 0 Å². The van der Waals surface area contributed by atoms with Crippen LogP contribution in [0, 0.1) is 5.92 Å². The minimum absolute atomic E-state index is 0.141. The summed E-state index contributed by atoms with van der Waals surface area (Å²) in [6, 6.07) is 0. The molecule has 1 heterocycles. The average molecular weight is 328 g/mol. The summed E-state index contributed by atoms with van der Waals surface area (Å²) in [6.07, 6.45) is 9.83. The Labute approximate surface area is 132 Å². The van der Waals surface area contributed by atoms with Crippen molar-refractivity contribution in [2.24, 2.45) is 5.92 Å². The summed E-state index contributed by atoms with van der Waals surface area (Å²) < 4.78 is 28.5. The van der Waals surface area contributed by atoms with E-state index in [4.69, 9.17) is 11.6 Å².